The molecule has 15 heteroatoms. The molecule has 1 aromatic heterocycles. The molecular formula is C29H33F4N5O5S. The van der Waals surface area contributed by atoms with Gasteiger partial charge in [-0.2, -0.15) is 22.5 Å². The van der Waals surface area contributed by atoms with Crippen LogP contribution in [-0.2, 0) is 22.6 Å². The van der Waals surface area contributed by atoms with Crippen molar-refractivity contribution < 1.29 is 40.2 Å². The summed E-state index contributed by atoms with van der Waals surface area (Å²) < 4.78 is 94.1. The summed E-state index contributed by atoms with van der Waals surface area (Å²) in [6, 6.07) is 8.03. The first-order chi connectivity index (χ1) is 20.4. The first-order valence-electron chi connectivity index (χ1n) is 13.4. The van der Waals surface area contributed by atoms with Gasteiger partial charge in [-0.05, 0) is 22.6 Å². The van der Waals surface area contributed by atoms with Crippen LogP contribution in [0.2, 0.25) is 0 Å². The fourth-order valence-electron chi connectivity index (χ4n) is 4.69. The molecule has 238 valence electrons. The van der Waals surface area contributed by atoms with E-state index in [0.717, 1.165) is 22.7 Å². The fourth-order valence-corrected chi connectivity index (χ4v) is 5.35. The number of nitrogens with zero attached hydrogens (tertiary/aromatic N) is 3. The van der Waals surface area contributed by atoms with E-state index in [-0.39, 0.29) is 41.3 Å². The summed E-state index contributed by atoms with van der Waals surface area (Å²) in [4.78, 5) is 20.3. The number of fused-ring (bicyclic) bond motifs is 1. The van der Waals surface area contributed by atoms with Crippen LogP contribution in [0.5, 0.6) is 11.6 Å². The van der Waals surface area contributed by atoms with Gasteiger partial charge in [0.25, 0.3) is 5.91 Å². The third-order valence-electron chi connectivity index (χ3n) is 6.94. The second-order valence-electron chi connectivity index (χ2n) is 11.6. The Morgan fingerprint density at radius 2 is 1.84 bits per heavy atom. The molecule has 1 aliphatic carbocycles. The summed E-state index contributed by atoms with van der Waals surface area (Å²) in [5.74, 6) is -2.83. The summed E-state index contributed by atoms with van der Waals surface area (Å²) in [7, 11) is -1.17. The Morgan fingerprint density at radius 3 is 2.45 bits per heavy atom. The number of alkyl halides is 3. The van der Waals surface area contributed by atoms with Crippen LogP contribution in [0.4, 0.5) is 29.2 Å². The zero-order valence-electron chi connectivity index (χ0n) is 24.9. The lowest BCUT2D eigenvalue weighted by Crippen LogP contribution is -2.38. The van der Waals surface area contributed by atoms with Crippen molar-refractivity contribution in [3.63, 3.8) is 0 Å². The lowest BCUT2D eigenvalue weighted by molar-refractivity contribution is -0.140. The van der Waals surface area contributed by atoms with E-state index >= 15 is 4.39 Å². The van der Waals surface area contributed by atoms with Gasteiger partial charge < -0.3 is 20.1 Å². The molecule has 2 N–H and O–H groups in total. The molecule has 10 nitrogen and oxygen atoms in total. The molecule has 44 heavy (non-hydrogen) atoms. The molecule has 1 heterocycles. The number of likely N-dealkylation sites (N-methyl/N-ethyl adjacent to an activating group) is 1. The first-order valence-corrected chi connectivity index (χ1v) is 15.3. The van der Waals surface area contributed by atoms with Crippen LogP contribution in [-0.4, -0.2) is 61.7 Å². The maximum Gasteiger partial charge on any atom is 0.423 e. The molecule has 4 rings (SSSR count). The van der Waals surface area contributed by atoms with E-state index in [9.17, 15) is 26.4 Å². The molecule has 0 unspecified atom stereocenters. The third kappa shape index (κ3) is 7.38. The highest BCUT2D eigenvalue weighted by molar-refractivity contribution is 7.88. The minimum absolute atomic E-state index is 0.000594. The molecule has 2 atom stereocenters. The van der Waals surface area contributed by atoms with E-state index in [4.69, 9.17) is 9.47 Å². The van der Waals surface area contributed by atoms with Crippen LogP contribution < -0.4 is 20.1 Å². The summed E-state index contributed by atoms with van der Waals surface area (Å²) in [5.41, 5.74) is -0.589. The summed E-state index contributed by atoms with van der Waals surface area (Å²) in [5, 5.41) is 5.28. The molecule has 0 radical (unpaired) electrons. The zero-order valence-corrected chi connectivity index (χ0v) is 25.7. The predicted molar refractivity (Wildman–Crippen MR) is 155 cm³/mol. The number of sulfonamides is 1. The highest BCUT2D eigenvalue weighted by Crippen LogP contribution is 2.42. The van der Waals surface area contributed by atoms with Gasteiger partial charge >= 0.3 is 6.18 Å². The molecule has 0 fully saturated rings. The number of ether oxygens (including phenoxy) is 2. The van der Waals surface area contributed by atoms with Crippen LogP contribution >= 0.6 is 0 Å². The number of anilines is 2. The van der Waals surface area contributed by atoms with Crippen molar-refractivity contribution in [3.8, 4) is 11.6 Å². The van der Waals surface area contributed by atoms with Gasteiger partial charge in [0.1, 0.15) is 23.2 Å². The van der Waals surface area contributed by atoms with E-state index in [1.165, 1.54) is 14.2 Å². The van der Waals surface area contributed by atoms with Crippen LogP contribution in [0.15, 0.2) is 42.6 Å². The highest BCUT2D eigenvalue weighted by Gasteiger charge is 2.43. The average molecular weight is 640 g/mol. The fraction of sp³-hybridized carbons (Fsp3) is 0.414. The van der Waals surface area contributed by atoms with Crippen LogP contribution in [0.1, 0.15) is 53.9 Å². The Morgan fingerprint density at radius 1 is 1.16 bits per heavy atom. The number of rotatable bonds is 9. The second-order valence-corrected chi connectivity index (χ2v) is 13.6. The van der Waals surface area contributed by atoms with Gasteiger partial charge in [-0.25, -0.2) is 17.8 Å². The number of methoxy groups -OCH3 is 1. The Bertz CT molecular complexity index is 1660. The standard InChI is InChI=1S/C29H33F4N5O5S/c1-28(2,3)15-35-25(39)18-12-22(42-5)21(13-20(18)30)36-27-34-14-19(29(31,32)33)26(37-27)43-23-11-16-9-7-8-10-17(16)24(23)38(4)44(6,40)41/h7-10,12-14,23-24H,11,15H2,1-6H3,(H,35,39)(H,34,36,37)/t23-,24-/m1/s1. The maximum absolute atomic E-state index is 15.0. The summed E-state index contributed by atoms with van der Waals surface area (Å²) in [6.07, 6.45) is -4.36. The van der Waals surface area contributed by atoms with Crippen molar-refractivity contribution in [1.82, 2.24) is 19.6 Å². The number of hydrogen-bond acceptors (Lipinski definition) is 8. The van der Waals surface area contributed by atoms with Gasteiger partial charge in [-0.1, -0.05) is 45.0 Å². The molecule has 0 bridgehead atoms. The van der Waals surface area contributed by atoms with Crippen LogP contribution in [0.3, 0.4) is 0 Å². The lowest BCUT2D eigenvalue weighted by Gasteiger charge is -2.29. The van der Waals surface area contributed by atoms with E-state index in [1.807, 2.05) is 20.8 Å². The van der Waals surface area contributed by atoms with E-state index in [1.54, 1.807) is 24.3 Å². The van der Waals surface area contributed by atoms with Gasteiger partial charge in [0.15, 0.2) is 0 Å². The molecule has 1 aliphatic rings. The largest absolute Gasteiger partial charge is 0.495 e. The van der Waals surface area contributed by atoms with Crippen LogP contribution in [0.25, 0.3) is 0 Å². The van der Waals surface area contributed by atoms with Gasteiger partial charge in [-0.15, -0.1) is 0 Å². The topological polar surface area (TPSA) is 123 Å². The Balaban J connectivity index is 1.68. The van der Waals surface area contributed by atoms with Crippen molar-refractivity contribution in [2.75, 3.05) is 32.3 Å². The normalized spacial score (nSPS) is 16.9. The molecule has 0 aliphatic heterocycles. The van der Waals surface area contributed by atoms with Crippen molar-refractivity contribution in [1.29, 1.82) is 0 Å². The van der Waals surface area contributed by atoms with E-state index in [0.29, 0.717) is 17.3 Å². The molecule has 0 saturated heterocycles. The zero-order chi connectivity index (χ0) is 32.6. The van der Waals surface area contributed by atoms with Crippen LogP contribution in [0, 0.1) is 11.2 Å². The van der Waals surface area contributed by atoms with Gasteiger partial charge in [0.2, 0.25) is 21.9 Å². The smallest absolute Gasteiger partial charge is 0.423 e. The number of nitrogens with one attached hydrogen (secondary N) is 2. The maximum atomic E-state index is 15.0. The SMILES string of the molecule is COc1cc(C(=O)NCC(C)(C)C)c(F)cc1Nc1ncc(C(F)(F)F)c(O[C@@H]2Cc3ccccc3[C@H]2N(C)S(C)(=O)=O)n1. The van der Waals surface area contributed by atoms with E-state index < -0.39 is 51.5 Å². The van der Waals surface area contributed by atoms with Crippen molar-refractivity contribution >= 4 is 27.6 Å². The number of amides is 1. The Kier molecular flexibility index (Phi) is 9.12. The molecule has 3 aromatic rings. The lowest BCUT2D eigenvalue weighted by atomic mass is 9.97. The number of hydrogen-bond donors (Lipinski definition) is 2. The summed E-state index contributed by atoms with van der Waals surface area (Å²) in [6.45, 7) is 5.97. The van der Waals surface area contributed by atoms with Crippen molar-refractivity contribution in [2.24, 2.45) is 5.41 Å². The van der Waals surface area contributed by atoms with Gasteiger partial charge in [-0.3, -0.25) is 4.79 Å². The molecule has 2 aromatic carbocycles. The number of benzene rings is 2. The summed E-state index contributed by atoms with van der Waals surface area (Å²) >= 11 is 0. The highest BCUT2D eigenvalue weighted by atomic mass is 32.2. The second kappa shape index (κ2) is 12.2. The Labute approximate surface area is 252 Å². The van der Waals surface area contributed by atoms with Crippen molar-refractivity contribution in [3.05, 3.63) is 70.7 Å². The Hall–Kier alpha value is -3.98. The average Bonchev–Trinajstić information content (AvgIpc) is 3.27. The number of carbonyl (C=O) groups is 1. The van der Waals surface area contributed by atoms with Crippen molar-refractivity contribution in [2.45, 2.75) is 45.5 Å². The molecular weight excluding hydrogens is 606 g/mol. The van der Waals surface area contributed by atoms with Gasteiger partial charge in [0.05, 0.1) is 30.7 Å². The minimum atomic E-state index is -4.91. The van der Waals surface area contributed by atoms with E-state index in [2.05, 4.69) is 20.6 Å². The minimum Gasteiger partial charge on any atom is -0.495 e. The number of aromatic nitrogens is 2. The first kappa shape index (κ1) is 32.9. The molecule has 0 saturated carbocycles. The quantitative estimate of drug-likeness (QED) is 0.310. The molecule has 1 amide bonds. The third-order valence-corrected chi connectivity index (χ3v) is 8.22. The predicted octanol–water partition coefficient (Wildman–Crippen LogP) is 5.10. The molecule has 0 spiro atoms. The number of carbonyl (C=O) groups excluding carboxylic acids is 1. The number of halogens is 4. The van der Waals surface area contributed by atoms with Gasteiger partial charge in [0, 0.05) is 32.3 Å². The monoisotopic (exact) mass is 639 g/mol.